The fourth-order valence-electron chi connectivity index (χ4n) is 2.65. The molecule has 2 atom stereocenters. The summed E-state index contributed by atoms with van der Waals surface area (Å²) in [5.74, 6) is 0.229. The summed E-state index contributed by atoms with van der Waals surface area (Å²) in [5, 5.41) is 6.50. The quantitative estimate of drug-likeness (QED) is 0.801. The van der Waals surface area contributed by atoms with Crippen LogP contribution >= 0.6 is 28.3 Å². The number of carbonyl (C=O) groups is 1. The fourth-order valence-corrected chi connectivity index (χ4v) is 3.10. The van der Waals surface area contributed by atoms with Crippen molar-refractivity contribution >= 4 is 34.2 Å². The second-order valence-electron chi connectivity index (χ2n) is 5.44. The van der Waals surface area contributed by atoms with Gasteiger partial charge in [-0.15, -0.1) is 12.4 Å². The molecule has 21 heavy (non-hydrogen) atoms. The van der Waals surface area contributed by atoms with E-state index in [1.54, 1.807) is 0 Å². The van der Waals surface area contributed by atoms with Gasteiger partial charge < -0.3 is 10.6 Å². The van der Waals surface area contributed by atoms with Crippen molar-refractivity contribution in [3.63, 3.8) is 0 Å². The highest BCUT2D eigenvalue weighted by Gasteiger charge is 2.20. The van der Waals surface area contributed by atoms with Crippen LogP contribution in [0.3, 0.4) is 0 Å². The van der Waals surface area contributed by atoms with Gasteiger partial charge in [-0.2, -0.15) is 0 Å². The molecule has 0 radical (unpaired) electrons. The van der Waals surface area contributed by atoms with Gasteiger partial charge >= 0.3 is 0 Å². The van der Waals surface area contributed by atoms with Crippen molar-refractivity contribution in [2.45, 2.75) is 38.6 Å². The Morgan fingerprint density at radius 1 is 1.48 bits per heavy atom. The molecule has 1 aliphatic heterocycles. The molecule has 1 saturated heterocycles. The van der Waals surface area contributed by atoms with E-state index in [4.69, 9.17) is 0 Å². The molecule has 0 spiro atoms. The molecule has 1 fully saturated rings. The molecule has 3 nitrogen and oxygen atoms in total. The number of nitrogens with one attached hydrogen (secondary N) is 2. The molecule has 1 aromatic carbocycles. The molecule has 5 heteroatoms. The molecule has 0 aromatic heterocycles. The monoisotopic (exact) mass is 374 g/mol. The zero-order chi connectivity index (χ0) is 14.4. The minimum absolute atomic E-state index is 0. The van der Waals surface area contributed by atoms with Gasteiger partial charge in [0, 0.05) is 23.0 Å². The first-order valence-corrected chi connectivity index (χ1v) is 8.24. The van der Waals surface area contributed by atoms with Gasteiger partial charge in [0.15, 0.2) is 0 Å². The van der Waals surface area contributed by atoms with E-state index < -0.39 is 0 Å². The van der Waals surface area contributed by atoms with Crippen molar-refractivity contribution in [3.8, 4) is 0 Å². The highest BCUT2D eigenvalue weighted by atomic mass is 79.9. The van der Waals surface area contributed by atoms with Gasteiger partial charge in [-0.3, -0.25) is 4.79 Å². The number of hydrogen-bond donors (Lipinski definition) is 2. The first kappa shape index (κ1) is 18.5. The number of benzene rings is 1. The molecule has 0 saturated carbocycles. The SMILES string of the molecule is CCC(Cc1ccccc1Br)C(=O)NCC1CCCN1.Cl. The van der Waals surface area contributed by atoms with E-state index in [1.807, 2.05) is 18.2 Å². The summed E-state index contributed by atoms with van der Waals surface area (Å²) >= 11 is 3.55. The molecular weight excluding hydrogens is 352 g/mol. The summed E-state index contributed by atoms with van der Waals surface area (Å²) in [4.78, 5) is 12.3. The molecular formula is C16H24BrClN2O. The van der Waals surface area contributed by atoms with Gasteiger partial charge in [-0.05, 0) is 43.9 Å². The smallest absolute Gasteiger partial charge is 0.223 e. The lowest BCUT2D eigenvalue weighted by molar-refractivity contribution is -0.125. The number of halogens is 2. The number of carbonyl (C=O) groups excluding carboxylic acids is 1. The fraction of sp³-hybridized carbons (Fsp3) is 0.562. The van der Waals surface area contributed by atoms with Crippen molar-refractivity contribution in [1.29, 1.82) is 0 Å². The first-order chi connectivity index (χ1) is 9.70. The van der Waals surface area contributed by atoms with E-state index in [2.05, 4.69) is 39.6 Å². The third-order valence-electron chi connectivity index (χ3n) is 3.97. The molecule has 2 unspecified atom stereocenters. The van der Waals surface area contributed by atoms with Crippen molar-refractivity contribution < 1.29 is 4.79 Å². The molecule has 1 aromatic rings. The summed E-state index contributed by atoms with van der Waals surface area (Å²) in [5.41, 5.74) is 1.20. The second kappa shape index (κ2) is 9.44. The van der Waals surface area contributed by atoms with Gasteiger partial charge in [0.1, 0.15) is 0 Å². The topological polar surface area (TPSA) is 41.1 Å². The summed E-state index contributed by atoms with van der Waals surface area (Å²) in [6, 6.07) is 8.59. The van der Waals surface area contributed by atoms with Gasteiger partial charge in [0.25, 0.3) is 0 Å². The van der Waals surface area contributed by atoms with Gasteiger partial charge in [-0.1, -0.05) is 41.1 Å². The highest BCUT2D eigenvalue weighted by molar-refractivity contribution is 9.10. The maximum Gasteiger partial charge on any atom is 0.223 e. The Labute approximate surface area is 141 Å². The Bertz CT molecular complexity index is 450. The second-order valence-corrected chi connectivity index (χ2v) is 6.29. The lowest BCUT2D eigenvalue weighted by Gasteiger charge is -2.18. The lowest BCUT2D eigenvalue weighted by atomic mass is 9.96. The standard InChI is InChI=1S/C16H23BrN2O.ClH/c1-2-12(10-13-6-3-4-8-15(13)17)16(20)19-11-14-7-5-9-18-14;/h3-4,6,8,12,14,18H,2,5,7,9-11H2,1H3,(H,19,20);1H. The summed E-state index contributed by atoms with van der Waals surface area (Å²) in [6.45, 7) is 3.91. The Hall–Kier alpha value is -0.580. The number of rotatable bonds is 6. The zero-order valence-corrected chi connectivity index (χ0v) is 14.8. The summed E-state index contributed by atoms with van der Waals surface area (Å²) in [7, 11) is 0. The third-order valence-corrected chi connectivity index (χ3v) is 4.75. The molecule has 0 aliphatic carbocycles. The number of amides is 1. The predicted octanol–water partition coefficient (Wildman–Crippen LogP) is 3.31. The van der Waals surface area contributed by atoms with Gasteiger partial charge in [0.05, 0.1) is 0 Å². The highest BCUT2D eigenvalue weighted by Crippen LogP contribution is 2.21. The van der Waals surface area contributed by atoms with Gasteiger partial charge in [-0.25, -0.2) is 0 Å². The molecule has 0 bridgehead atoms. The maximum atomic E-state index is 12.3. The maximum absolute atomic E-state index is 12.3. The Kier molecular flexibility index (Phi) is 8.30. The first-order valence-electron chi connectivity index (χ1n) is 7.45. The van der Waals surface area contributed by atoms with E-state index in [-0.39, 0.29) is 24.2 Å². The minimum Gasteiger partial charge on any atom is -0.354 e. The molecule has 1 aliphatic rings. The van der Waals surface area contributed by atoms with Crippen molar-refractivity contribution in [2.24, 2.45) is 5.92 Å². The van der Waals surface area contributed by atoms with E-state index in [1.165, 1.54) is 18.4 Å². The largest absolute Gasteiger partial charge is 0.354 e. The van der Waals surface area contributed by atoms with Crippen LogP contribution in [-0.4, -0.2) is 25.0 Å². The molecule has 2 N–H and O–H groups in total. The van der Waals surface area contributed by atoms with E-state index in [0.29, 0.717) is 6.04 Å². The van der Waals surface area contributed by atoms with Crippen LogP contribution in [0.25, 0.3) is 0 Å². The molecule has 118 valence electrons. The van der Waals surface area contributed by atoms with Gasteiger partial charge in [0.2, 0.25) is 5.91 Å². The van der Waals surface area contributed by atoms with Crippen LogP contribution in [0.2, 0.25) is 0 Å². The van der Waals surface area contributed by atoms with Crippen LogP contribution in [0, 0.1) is 5.92 Å². The van der Waals surface area contributed by atoms with Crippen molar-refractivity contribution in [3.05, 3.63) is 34.3 Å². The number of hydrogen-bond acceptors (Lipinski definition) is 2. The Balaban J connectivity index is 0.00000220. The van der Waals surface area contributed by atoms with Crippen LogP contribution in [0.15, 0.2) is 28.7 Å². The molecule has 1 heterocycles. The van der Waals surface area contributed by atoms with Crippen LogP contribution in [0.5, 0.6) is 0 Å². The lowest BCUT2D eigenvalue weighted by Crippen LogP contribution is -2.40. The molecule has 2 rings (SSSR count). The third kappa shape index (κ3) is 5.61. The van der Waals surface area contributed by atoms with E-state index in [9.17, 15) is 4.79 Å². The Morgan fingerprint density at radius 3 is 2.86 bits per heavy atom. The van der Waals surface area contributed by atoms with Crippen LogP contribution < -0.4 is 10.6 Å². The Morgan fingerprint density at radius 2 is 2.24 bits per heavy atom. The van der Waals surface area contributed by atoms with Crippen LogP contribution in [0.4, 0.5) is 0 Å². The predicted molar refractivity (Wildman–Crippen MR) is 92.9 cm³/mol. The van der Waals surface area contributed by atoms with E-state index >= 15 is 0 Å². The van der Waals surface area contributed by atoms with Crippen LogP contribution in [0.1, 0.15) is 31.7 Å². The molecule has 1 amide bonds. The van der Waals surface area contributed by atoms with E-state index in [0.717, 1.165) is 30.4 Å². The summed E-state index contributed by atoms with van der Waals surface area (Å²) in [6.07, 6.45) is 4.04. The van der Waals surface area contributed by atoms with Crippen LogP contribution in [-0.2, 0) is 11.2 Å². The summed E-state index contributed by atoms with van der Waals surface area (Å²) < 4.78 is 1.09. The van der Waals surface area contributed by atoms with Crippen molar-refractivity contribution in [1.82, 2.24) is 10.6 Å². The van der Waals surface area contributed by atoms with Crippen molar-refractivity contribution in [2.75, 3.05) is 13.1 Å². The normalized spacial score (nSPS) is 18.9. The minimum atomic E-state index is 0. The average molecular weight is 376 g/mol. The zero-order valence-electron chi connectivity index (χ0n) is 12.4. The average Bonchev–Trinajstić information content (AvgIpc) is 2.97.